The molecular formula is C24H32O5S. The van der Waals surface area contributed by atoms with Crippen molar-refractivity contribution in [3.05, 3.63) is 53.6 Å². The van der Waals surface area contributed by atoms with Crippen molar-refractivity contribution in [1.82, 2.24) is 0 Å². The number of aliphatic hydroxyl groups excluding tert-OH is 1. The molecule has 0 fully saturated rings. The molecule has 0 spiro atoms. The first kappa shape index (κ1) is 22.6. The third-order valence-electron chi connectivity index (χ3n) is 6.49. The summed E-state index contributed by atoms with van der Waals surface area (Å²) in [6.07, 6.45) is 2.19. The van der Waals surface area contributed by atoms with Crippen molar-refractivity contribution in [3.63, 3.8) is 0 Å². The number of aliphatic hydroxyl groups is 1. The van der Waals surface area contributed by atoms with Crippen LogP contribution in [0.15, 0.2) is 47.4 Å². The van der Waals surface area contributed by atoms with Crippen molar-refractivity contribution in [2.24, 2.45) is 5.41 Å². The predicted molar refractivity (Wildman–Crippen MR) is 118 cm³/mol. The lowest BCUT2D eigenvalue weighted by molar-refractivity contribution is 0.0173. The first-order chi connectivity index (χ1) is 14.3. The number of rotatable bonds is 7. The number of unbranched alkanes of at least 4 members (excludes halogenated alkanes) is 1. The van der Waals surface area contributed by atoms with Gasteiger partial charge in [0.2, 0.25) is 0 Å². The molecule has 0 aromatic heterocycles. The summed E-state index contributed by atoms with van der Waals surface area (Å²) in [7, 11) is -0.434. The number of ether oxygens (including phenoxy) is 2. The van der Waals surface area contributed by atoms with Gasteiger partial charge in [-0.05, 0) is 54.3 Å². The summed E-state index contributed by atoms with van der Waals surface area (Å²) in [5.41, 5.74) is 0.694. The van der Waals surface area contributed by atoms with Crippen LogP contribution in [0.3, 0.4) is 0 Å². The van der Waals surface area contributed by atoms with Gasteiger partial charge in [0.05, 0.1) is 31.0 Å². The molecule has 1 aliphatic heterocycles. The van der Waals surface area contributed by atoms with E-state index in [2.05, 4.69) is 6.92 Å². The molecule has 0 saturated carbocycles. The number of benzene rings is 2. The molecule has 1 N–H and O–H groups in total. The molecule has 2 aromatic carbocycles. The minimum atomic E-state index is -3.59. The van der Waals surface area contributed by atoms with Crippen molar-refractivity contribution in [2.75, 3.05) is 20.0 Å². The quantitative estimate of drug-likeness (QED) is 0.694. The minimum absolute atomic E-state index is 0.0581. The van der Waals surface area contributed by atoms with E-state index in [0.717, 1.165) is 18.4 Å². The van der Waals surface area contributed by atoms with E-state index in [1.165, 1.54) is 0 Å². The number of hydrogen-bond donors (Lipinski definition) is 1. The molecule has 5 nitrogen and oxygen atoms in total. The van der Waals surface area contributed by atoms with Crippen LogP contribution in [0, 0.1) is 5.41 Å². The maximum atomic E-state index is 13.5. The van der Waals surface area contributed by atoms with Crippen LogP contribution in [0.5, 0.6) is 11.5 Å². The van der Waals surface area contributed by atoms with E-state index in [0.29, 0.717) is 29.9 Å². The lowest BCUT2D eigenvalue weighted by Crippen LogP contribution is -2.42. The second kappa shape index (κ2) is 8.98. The highest BCUT2D eigenvalue weighted by Gasteiger charge is 2.49. The normalized spacial score (nSPS) is 25.2. The van der Waals surface area contributed by atoms with Gasteiger partial charge in [0.25, 0.3) is 0 Å². The lowest BCUT2D eigenvalue weighted by atomic mass is 9.69. The minimum Gasteiger partial charge on any atom is -0.497 e. The van der Waals surface area contributed by atoms with Gasteiger partial charge in [-0.1, -0.05) is 38.8 Å². The average molecular weight is 433 g/mol. The molecule has 1 heterocycles. The van der Waals surface area contributed by atoms with Gasteiger partial charge in [0.15, 0.2) is 9.84 Å². The molecule has 1 aliphatic rings. The maximum Gasteiger partial charge on any atom is 0.179 e. The molecule has 30 heavy (non-hydrogen) atoms. The number of methoxy groups -OCH3 is 2. The Morgan fingerprint density at radius 1 is 1.07 bits per heavy atom. The number of fused-ring (bicyclic) bond motifs is 1. The summed E-state index contributed by atoms with van der Waals surface area (Å²) in [5, 5.41) is 11.8. The Morgan fingerprint density at radius 3 is 2.40 bits per heavy atom. The highest BCUT2D eigenvalue weighted by atomic mass is 32.2. The van der Waals surface area contributed by atoms with Crippen LogP contribution in [0.25, 0.3) is 0 Å². The first-order valence-electron chi connectivity index (χ1n) is 10.5. The van der Waals surface area contributed by atoms with Crippen molar-refractivity contribution < 1.29 is 23.0 Å². The SMILES string of the molecule is CCCC[C@]1(CC)CS(=O)(=O)c2ccc(OC)cc2[C@H](c2cccc(OC)c2)C1O. The van der Waals surface area contributed by atoms with E-state index in [1.54, 1.807) is 32.4 Å². The molecule has 0 bridgehead atoms. The second-order valence-corrected chi connectivity index (χ2v) is 10.1. The molecule has 2 aromatic rings. The first-order valence-corrected chi connectivity index (χ1v) is 12.2. The largest absolute Gasteiger partial charge is 0.497 e. The Balaban J connectivity index is 2.31. The van der Waals surface area contributed by atoms with Crippen LogP contribution < -0.4 is 9.47 Å². The van der Waals surface area contributed by atoms with E-state index in [4.69, 9.17) is 9.47 Å². The summed E-state index contributed by atoms with van der Waals surface area (Å²) in [4.78, 5) is 0.280. The van der Waals surface area contributed by atoms with E-state index in [9.17, 15) is 13.5 Å². The lowest BCUT2D eigenvalue weighted by Gasteiger charge is -2.39. The van der Waals surface area contributed by atoms with Crippen molar-refractivity contribution in [3.8, 4) is 11.5 Å². The fourth-order valence-corrected chi connectivity index (χ4v) is 6.93. The number of sulfone groups is 1. The molecule has 164 valence electrons. The molecule has 6 heteroatoms. The molecular weight excluding hydrogens is 400 g/mol. The van der Waals surface area contributed by atoms with E-state index < -0.39 is 27.3 Å². The molecule has 1 unspecified atom stereocenters. The highest BCUT2D eigenvalue weighted by molar-refractivity contribution is 7.91. The van der Waals surface area contributed by atoms with Crippen LogP contribution in [-0.2, 0) is 9.84 Å². The van der Waals surface area contributed by atoms with Crippen LogP contribution in [0.4, 0.5) is 0 Å². The van der Waals surface area contributed by atoms with E-state index in [-0.39, 0.29) is 10.6 Å². The van der Waals surface area contributed by atoms with Gasteiger partial charge in [0, 0.05) is 11.3 Å². The van der Waals surface area contributed by atoms with Crippen molar-refractivity contribution in [2.45, 2.75) is 56.4 Å². The Morgan fingerprint density at radius 2 is 1.77 bits per heavy atom. The van der Waals surface area contributed by atoms with Crippen LogP contribution in [0.2, 0.25) is 0 Å². The zero-order valence-corrected chi connectivity index (χ0v) is 19.0. The Hall–Kier alpha value is -2.05. The highest BCUT2D eigenvalue weighted by Crippen LogP contribution is 2.49. The number of hydrogen-bond acceptors (Lipinski definition) is 5. The summed E-state index contributed by atoms with van der Waals surface area (Å²) in [6.45, 7) is 4.06. The zero-order valence-electron chi connectivity index (χ0n) is 18.2. The predicted octanol–water partition coefficient (Wildman–Crippen LogP) is 4.57. The van der Waals surface area contributed by atoms with Gasteiger partial charge in [-0.25, -0.2) is 8.42 Å². The van der Waals surface area contributed by atoms with Crippen molar-refractivity contribution >= 4 is 9.84 Å². The summed E-state index contributed by atoms with van der Waals surface area (Å²) >= 11 is 0. The summed E-state index contributed by atoms with van der Waals surface area (Å²) < 4.78 is 37.8. The smallest absolute Gasteiger partial charge is 0.179 e. The Labute approximate surface area is 180 Å². The van der Waals surface area contributed by atoms with Gasteiger partial charge in [0.1, 0.15) is 11.5 Å². The molecule has 0 saturated heterocycles. The standard InChI is InChI=1S/C24H32O5S/c1-5-7-13-24(6-2)16-30(26,27)21-12-11-19(29-4)15-20(21)22(23(24)25)17-9-8-10-18(14-17)28-3/h8-12,14-15,22-23,25H,5-7,13,16H2,1-4H3/t22-,23?,24+/m0/s1. The molecule has 0 radical (unpaired) electrons. The maximum absolute atomic E-state index is 13.5. The van der Waals surface area contributed by atoms with Crippen LogP contribution in [0.1, 0.15) is 56.6 Å². The topological polar surface area (TPSA) is 72.8 Å². The van der Waals surface area contributed by atoms with Crippen molar-refractivity contribution in [1.29, 1.82) is 0 Å². The van der Waals surface area contributed by atoms with Gasteiger partial charge in [-0.15, -0.1) is 0 Å². The molecule has 0 aliphatic carbocycles. The van der Waals surface area contributed by atoms with Gasteiger partial charge in [-0.3, -0.25) is 0 Å². The van der Waals surface area contributed by atoms with E-state index >= 15 is 0 Å². The average Bonchev–Trinajstić information content (AvgIpc) is 2.83. The second-order valence-electron chi connectivity index (χ2n) is 8.18. The molecule has 0 amide bonds. The Kier molecular flexibility index (Phi) is 6.78. The van der Waals surface area contributed by atoms with Gasteiger partial charge >= 0.3 is 0 Å². The van der Waals surface area contributed by atoms with Crippen LogP contribution >= 0.6 is 0 Å². The van der Waals surface area contributed by atoms with Gasteiger partial charge < -0.3 is 14.6 Å². The Bertz CT molecular complexity index is 985. The molecule has 3 atom stereocenters. The summed E-state index contributed by atoms with van der Waals surface area (Å²) in [5.74, 6) is 0.685. The third kappa shape index (κ3) is 4.08. The third-order valence-corrected chi connectivity index (χ3v) is 8.49. The zero-order chi connectivity index (χ0) is 21.9. The van der Waals surface area contributed by atoms with Crippen LogP contribution in [-0.4, -0.2) is 39.6 Å². The van der Waals surface area contributed by atoms with Gasteiger partial charge in [-0.2, -0.15) is 0 Å². The monoisotopic (exact) mass is 432 g/mol. The fraction of sp³-hybridized carbons (Fsp3) is 0.500. The fourth-order valence-electron chi connectivity index (χ4n) is 4.68. The molecule has 3 rings (SSSR count). The van der Waals surface area contributed by atoms with E-state index in [1.807, 2.05) is 31.2 Å². The summed E-state index contributed by atoms with van der Waals surface area (Å²) in [6, 6.07) is 12.6.